The predicted molar refractivity (Wildman–Crippen MR) is 81.4 cm³/mol. The van der Waals surface area contributed by atoms with Crippen LogP contribution in [0.25, 0.3) is 5.57 Å². The fourth-order valence-electron chi connectivity index (χ4n) is 1.98. The fourth-order valence-corrected chi connectivity index (χ4v) is 1.98. The zero-order valence-electron chi connectivity index (χ0n) is 11.4. The minimum absolute atomic E-state index is 0.864. The first-order valence-electron chi connectivity index (χ1n) is 6.29. The number of allylic oxidation sites excluding steroid dienone is 5. The Morgan fingerprint density at radius 2 is 2.26 bits per heavy atom. The molecule has 0 bridgehead atoms. The second kappa shape index (κ2) is 5.57. The van der Waals surface area contributed by atoms with Crippen LogP contribution in [0.3, 0.4) is 0 Å². The molecule has 0 aromatic carbocycles. The average Bonchev–Trinajstić information content (AvgIpc) is 2.44. The molecule has 1 aliphatic heterocycles. The van der Waals surface area contributed by atoms with Crippen LogP contribution in [0, 0.1) is 0 Å². The molecule has 3 N–H and O–H groups in total. The Morgan fingerprint density at radius 3 is 2.95 bits per heavy atom. The highest BCUT2D eigenvalue weighted by Gasteiger charge is 2.13. The molecule has 3 heteroatoms. The lowest BCUT2D eigenvalue weighted by Crippen LogP contribution is -2.06. The number of nitrogens with one attached hydrogen (secondary N) is 1. The third kappa shape index (κ3) is 2.76. The summed E-state index contributed by atoms with van der Waals surface area (Å²) in [5, 5.41) is 3.16. The van der Waals surface area contributed by atoms with E-state index in [0.717, 1.165) is 34.5 Å². The number of nitrogens with zero attached hydrogens (tertiary/aromatic N) is 1. The van der Waals surface area contributed by atoms with Gasteiger partial charge in [-0.15, -0.1) is 0 Å². The lowest BCUT2D eigenvalue weighted by atomic mass is 9.95. The fraction of sp³-hybridized carbons (Fsp3) is 0.188. The van der Waals surface area contributed by atoms with Crippen LogP contribution in [-0.4, -0.2) is 4.98 Å². The number of nitrogens with two attached hydrogens (primary N) is 1. The van der Waals surface area contributed by atoms with Gasteiger partial charge in [0.1, 0.15) is 5.82 Å². The molecule has 0 radical (unpaired) electrons. The number of hydrogen-bond acceptors (Lipinski definition) is 3. The third-order valence-electron chi connectivity index (χ3n) is 3.25. The van der Waals surface area contributed by atoms with E-state index >= 15 is 0 Å². The van der Waals surface area contributed by atoms with E-state index in [2.05, 4.69) is 29.0 Å². The van der Waals surface area contributed by atoms with Gasteiger partial charge >= 0.3 is 0 Å². The molecule has 2 rings (SSSR count). The van der Waals surface area contributed by atoms with Gasteiger partial charge in [-0.2, -0.15) is 0 Å². The van der Waals surface area contributed by atoms with Crippen LogP contribution in [0.15, 0.2) is 54.5 Å². The maximum absolute atomic E-state index is 5.79. The summed E-state index contributed by atoms with van der Waals surface area (Å²) in [4.78, 5) is 4.34. The minimum Gasteiger partial charge on any atom is -0.404 e. The average molecular weight is 253 g/mol. The summed E-state index contributed by atoms with van der Waals surface area (Å²) >= 11 is 0. The standard InChI is InChI=1S/C16H19N3/c1-11(2)12(3)9-13(10-17)14-6-8-19-16-15(14)5-4-7-18-16/h4,6-10H,1,5,17H2,2-3H3,(H,18,19)/b12-9+,13-10+. The molecule has 1 aromatic rings. The monoisotopic (exact) mass is 253 g/mol. The summed E-state index contributed by atoms with van der Waals surface area (Å²) in [7, 11) is 0. The lowest BCUT2D eigenvalue weighted by Gasteiger charge is -2.16. The first-order valence-corrected chi connectivity index (χ1v) is 6.29. The second-order valence-electron chi connectivity index (χ2n) is 4.67. The van der Waals surface area contributed by atoms with E-state index < -0.39 is 0 Å². The Morgan fingerprint density at radius 1 is 1.47 bits per heavy atom. The van der Waals surface area contributed by atoms with Gasteiger partial charge in [0.15, 0.2) is 0 Å². The molecule has 0 amide bonds. The molecule has 3 nitrogen and oxygen atoms in total. The van der Waals surface area contributed by atoms with E-state index in [9.17, 15) is 0 Å². The van der Waals surface area contributed by atoms with Crippen LogP contribution in [0.4, 0.5) is 5.82 Å². The molecular weight excluding hydrogens is 234 g/mol. The molecule has 98 valence electrons. The van der Waals surface area contributed by atoms with Gasteiger partial charge in [0.2, 0.25) is 0 Å². The molecule has 0 spiro atoms. The zero-order chi connectivity index (χ0) is 13.8. The van der Waals surface area contributed by atoms with Crippen molar-refractivity contribution in [2.45, 2.75) is 20.3 Å². The Labute approximate surface area is 114 Å². The van der Waals surface area contributed by atoms with E-state index in [0.29, 0.717) is 0 Å². The molecule has 0 unspecified atom stereocenters. The molecule has 0 fully saturated rings. The van der Waals surface area contributed by atoms with Crippen molar-refractivity contribution in [1.29, 1.82) is 0 Å². The third-order valence-corrected chi connectivity index (χ3v) is 3.25. The Hall–Kier alpha value is -2.29. The van der Waals surface area contributed by atoms with Crippen LogP contribution in [-0.2, 0) is 6.42 Å². The number of fused-ring (bicyclic) bond motifs is 1. The first kappa shape index (κ1) is 13.1. The minimum atomic E-state index is 0.864. The van der Waals surface area contributed by atoms with Crippen molar-refractivity contribution in [3.05, 3.63) is 65.7 Å². The first-order chi connectivity index (χ1) is 9.13. The van der Waals surface area contributed by atoms with Crippen LogP contribution in [0.1, 0.15) is 25.0 Å². The summed E-state index contributed by atoms with van der Waals surface area (Å²) < 4.78 is 0. The van der Waals surface area contributed by atoms with Crippen LogP contribution >= 0.6 is 0 Å². The normalized spacial score (nSPS) is 14.8. The largest absolute Gasteiger partial charge is 0.404 e. The van der Waals surface area contributed by atoms with Crippen molar-refractivity contribution >= 4 is 11.4 Å². The molecule has 0 saturated heterocycles. The quantitative estimate of drug-likeness (QED) is 0.812. The molecule has 1 aliphatic rings. The smallest absolute Gasteiger partial charge is 0.133 e. The molecule has 0 atom stereocenters. The zero-order valence-corrected chi connectivity index (χ0v) is 11.4. The van der Waals surface area contributed by atoms with E-state index in [1.54, 1.807) is 12.4 Å². The van der Waals surface area contributed by atoms with Crippen molar-refractivity contribution < 1.29 is 0 Å². The maximum Gasteiger partial charge on any atom is 0.133 e. The van der Waals surface area contributed by atoms with Crippen molar-refractivity contribution in [2.75, 3.05) is 5.32 Å². The number of rotatable bonds is 3. The Kier molecular flexibility index (Phi) is 3.85. The van der Waals surface area contributed by atoms with Gasteiger partial charge in [-0.3, -0.25) is 0 Å². The van der Waals surface area contributed by atoms with Gasteiger partial charge in [-0.25, -0.2) is 4.98 Å². The molecule has 1 aromatic heterocycles. The van der Waals surface area contributed by atoms with Crippen molar-refractivity contribution in [2.24, 2.45) is 5.73 Å². The van der Waals surface area contributed by atoms with Crippen LogP contribution in [0.2, 0.25) is 0 Å². The van der Waals surface area contributed by atoms with Crippen LogP contribution in [0.5, 0.6) is 0 Å². The molecule has 0 aliphatic carbocycles. The maximum atomic E-state index is 5.79. The summed E-state index contributed by atoms with van der Waals surface area (Å²) in [5.74, 6) is 0.903. The highest BCUT2D eigenvalue weighted by atomic mass is 15.0. The number of pyridine rings is 1. The molecular formula is C16H19N3. The molecule has 19 heavy (non-hydrogen) atoms. The molecule has 0 saturated carbocycles. The summed E-state index contributed by atoms with van der Waals surface area (Å²) in [5.41, 5.74) is 11.2. The van der Waals surface area contributed by atoms with E-state index in [1.165, 1.54) is 5.56 Å². The highest BCUT2D eigenvalue weighted by molar-refractivity contribution is 5.79. The topological polar surface area (TPSA) is 50.9 Å². The van der Waals surface area contributed by atoms with Gasteiger partial charge < -0.3 is 11.1 Å². The van der Waals surface area contributed by atoms with E-state index in [4.69, 9.17) is 5.73 Å². The number of hydrogen-bond donors (Lipinski definition) is 2. The summed E-state index contributed by atoms with van der Waals surface area (Å²) in [6, 6.07) is 2.00. The van der Waals surface area contributed by atoms with Gasteiger partial charge in [0, 0.05) is 18.0 Å². The summed E-state index contributed by atoms with van der Waals surface area (Å²) in [6.07, 6.45) is 10.4. The van der Waals surface area contributed by atoms with Gasteiger partial charge in [-0.1, -0.05) is 18.2 Å². The Bertz CT molecular complexity index is 592. The lowest BCUT2D eigenvalue weighted by molar-refractivity contribution is 1.14. The van der Waals surface area contributed by atoms with Gasteiger partial charge in [-0.05, 0) is 55.3 Å². The number of aromatic nitrogens is 1. The second-order valence-corrected chi connectivity index (χ2v) is 4.67. The predicted octanol–water partition coefficient (Wildman–Crippen LogP) is 3.39. The summed E-state index contributed by atoms with van der Waals surface area (Å²) in [6.45, 7) is 7.98. The van der Waals surface area contributed by atoms with Crippen molar-refractivity contribution in [3.63, 3.8) is 0 Å². The van der Waals surface area contributed by atoms with E-state index in [-0.39, 0.29) is 0 Å². The number of anilines is 1. The van der Waals surface area contributed by atoms with Crippen LogP contribution < -0.4 is 11.1 Å². The Balaban J connectivity index is 2.47. The van der Waals surface area contributed by atoms with E-state index in [1.807, 2.05) is 26.1 Å². The van der Waals surface area contributed by atoms with Crippen molar-refractivity contribution in [3.8, 4) is 0 Å². The molecule has 2 heterocycles. The van der Waals surface area contributed by atoms with Gasteiger partial charge in [0.25, 0.3) is 0 Å². The highest BCUT2D eigenvalue weighted by Crippen LogP contribution is 2.28. The van der Waals surface area contributed by atoms with Gasteiger partial charge in [0.05, 0.1) is 0 Å². The SMILES string of the molecule is C=C(C)/C(C)=C/C(=C\N)c1ccnc2c1CC=CN2. The van der Waals surface area contributed by atoms with Crippen molar-refractivity contribution in [1.82, 2.24) is 4.98 Å².